The predicted molar refractivity (Wildman–Crippen MR) is 126 cm³/mol. The lowest BCUT2D eigenvalue weighted by atomic mass is 10.1. The van der Waals surface area contributed by atoms with Gasteiger partial charge in [-0.3, -0.25) is 4.99 Å². The molecule has 2 heterocycles. The van der Waals surface area contributed by atoms with Crippen molar-refractivity contribution in [3.63, 3.8) is 0 Å². The van der Waals surface area contributed by atoms with Crippen molar-refractivity contribution in [2.24, 2.45) is 4.99 Å². The predicted octanol–water partition coefficient (Wildman–Crippen LogP) is 4.43. The molecule has 4 rings (SSSR count). The quantitative estimate of drug-likeness (QED) is 0.634. The molecule has 2 aromatic rings. The van der Waals surface area contributed by atoms with Crippen LogP contribution in [0.15, 0.2) is 53.5 Å². The van der Waals surface area contributed by atoms with E-state index in [1.807, 2.05) is 23.9 Å². The highest BCUT2D eigenvalue weighted by Gasteiger charge is 2.20. The monoisotopic (exact) mass is 425 g/mol. The number of anilines is 1. The van der Waals surface area contributed by atoms with Gasteiger partial charge in [0.05, 0.1) is 26.4 Å². The smallest absolute Gasteiger partial charge is 0.161 e. The number of benzene rings is 2. The number of aliphatic imine (C=N–C) groups is 1. The zero-order chi connectivity index (χ0) is 20.6. The fourth-order valence-corrected chi connectivity index (χ4v) is 4.80. The second-order valence-corrected chi connectivity index (χ2v) is 8.75. The molecule has 2 aromatic carbocycles. The maximum Gasteiger partial charge on any atom is 0.161 e. The Labute approximate surface area is 183 Å². The summed E-state index contributed by atoms with van der Waals surface area (Å²) in [5, 5.41) is 4.57. The van der Waals surface area contributed by atoms with Crippen molar-refractivity contribution in [3.05, 3.63) is 59.7 Å². The van der Waals surface area contributed by atoms with Crippen molar-refractivity contribution in [2.45, 2.75) is 31.1 Å². The van der Waals surface area contributed by atoms with Crippen LogP contribution in [0.3, 0.4) is 0 Å². The van der Waals surface area contributed by atoms with Gasteiger partial charge in [-0.25, -0.2) is 0 Å². The highest BCUT2D eigenvalue weighted by Crippen LogP contribution is 2.29. The number of para-hydroxylation sites is 1. The van der Waals surface area contributed by atoms with Crippen LogP contribution >= 0.6 is 11.8 Å². The highest BCUT2D eigenvalue weighted by molar-refractivity contribution is 8.13. The molecule has 2 aliphatic heterocycles. The molecule has 6 heteroatoms. The molecule has 5 nitrogen and oxygen atoms in total. The fraction of sp³-hybridized carbons (Fsp3) is 0.458. The first-order chi connectivity index (χ1) is 14.8. The molecule has 0 saturated carbocycles. The first-order valence-electron chi connectivity index (χ1n) is 10.8. The lowest BCUT2D eigenvalue weighted by molar-refractivity contribution is 0.0961. The van der Waals surface area contributed by atoms with E-state index in [4.69, 9.17) is 14.5 Å². The Hall–Kier alpha value is -2.02. The van der Waals surface area contributed by atoms with E-state index in [2.05, 4.69) is 46.6 Å². The Balaban J connectivity index is 1.11. The Morgan fingerprint density at radius 3 is 2.67 bits per heavy atom. The Bertz CT molecular complexity index is 833. The molecule has 1 fully saturated rings. The summed E-state index contributed by atoms with van der Waals surface area (Å²) in [4.78, 5) is 7.49. The van der Waals surface area contributed by atoms with E-state index in [-0.39, 0.29) is 0 Å². The van der Waals surface area contributed by atoms with E-state index >= 15 is 0 Å². The number of likely N-dealkylation sites (tertiary alicyclic amines) is 1. The Kier molecular flexibility index (Phi) is 7.67. The van der Waals surface area contributed by atoms with Crippen LogP contribution in [0.25, 0.3) is 0 Å². The van der Waals surface area contributed by atoms with Gasteiger partial charge in [-0.15, -0.1) is 0 Å². The molecule has 0 radical (unpaired) electrons. The molecule has 0 bridgehead atoms. The third-order valence-corrected chi connectivity index (χ3v) is 6.66. The summed E-state index contributed by atoms with van der Waals surface area (Å²) in [6.07, 6.45) is 3.19. The average molecular weight is 426 g/mol. The number of ether oxygens (including phenoxy) is 2. The zero-order valence-electron chi connectivity index (χ0n) is 17.7. The van der Waals surface area contributed by atoms with Gasteiger partial charge in [-0.05, 0) is 48.6 Å². The van der Waals surface area contributed by atoms with Crippen LogP contribution in [0.1, 0.15) is 24.0 Å². The van der Waals surface area contributed by atoms with Crippen LogP contribution in [-0.2, 0) is 16.9 Å². The number of piperidine rings is 1. The SMILES string of the molecule is COc1ccc(CCOCCN2CCC(N=C3Nc4ccccc4CS3)CC2)cc1. The first kappa shape index (κ1) is 21.2. The number of nitrogens with zero attached hydrogens (tertiary/aromatic N) is 2. The lowest BCUT2D eigenvalue weighted by Crippen LogP contribution is -2.38. The average Bonchev–Trinajstić information content (AvgIpc) is 2.80. The highest BCUT2D eigenvalue weighted by atomic mass is 32.2. The van der Waals surface area contributed by atoms with E-state index in [0.717, 1.165) is 68.8 Å². The molecule has 30 heavy (non-hydrogen) atoms. The van der Waals surface area contributed by atoms with Gasteiger partial charge < -0.3 is 19.7 Å². The van der Waals surface area contributed by atoms with Gasteiger partial charge in [-0.1, -0.05) is 42.1 Å². The maximum absolute atomic E-state index is 5.86. The number of methoxy groups -OCH3 is 1. The molecular formula is C24H31N3O2S. The van der Waals surface area contributed by atoms with Crippen LogP contribution in [0, 0.1) is 0 Å². The van der Waals surface area contributed by atoms with Gasteiger partial charge in [0, 0.05) is 31.1 Å². The minimum absolute atomic E-state index is 0.428. The molecule has 0 aliphatic carbocycles. The molecule has 1 N–H and O–H groups in total. The summed E-state index contributed by atoms with van der Waals surface area (Å²) in [5.74, 6) is 1.91. The minimum Gasteiger partial charge on any atom is -0.497 e. The van der Waals surface area contributed by atoms with Gasteiger partial charge in [0.15, 0.2) is 5.17 Å². The molecule has 0 aromatic heterocycles. The van der Waals surface area contributed by atoms with E-state index in [1.54, 1.807) is 7.11 Å². The number of amidine groups is 1. The van der Waals surface area contributed by atoms with Crippen LogP contribution in [-0.4, -0.2) is 56.1 Å². The number of rotatable bonds is 8. The van der Waals surface area contributed by atoms with Gasteiger partial charge in [-0.2, -0.15) is 0 Å². The second kappa shape index (κ2) is 10.8. The summed E-state index contributed by atoms with van der Waals surface area (Å²) in [6, 6.07) is 17.1. The molecule has 0 spiro atoms. The number of hydrogen-bond donors (Lipinski definition) is 1. The van der Waals surface area contributed by atoms with E-state index in [9.17, 15) is 0 Å². The van der Waals surface area contributed by atoms with Gasteiger partial charge in [0.2, 0.25) is 0 Å². The second-order valence-electron chi connectivity index (χ2n) is 7.79. The maximum atomic E-state index is 5.86. The summed E-state index contributed by atoms with van der Waals surface area (Å²) in [6.45, 7) is 4.77. The third kappa shape index (κ3) is 6.00. The van der Waals surface area contributed by atoms with Gasteiger partial charge in [0.1, 0.15) is 5.75 Å². The lowest BCUT2D eigenvalue weighted by Gasteiger charge is -2.30. The van der Waals surface area contributed by atoms with Crippen LogP contribution in [0.2, 0.25) is 0 Å². The summed E-state index contributed by atoms with van der Waals surface area (Å²) < 4.78 is 11.1. The zero-order valence-corrected chi connectivity index (χ0v) is 18.5. The van der Waals surface area contributed by atoms with Crippen molar-refractivity contribution in [1.82, 2.24) is 4.90 Å². The normalized spacial score (nSPS) is 18.8. The van der Waals surface area contributed by atoms with Gasteiger partial charge >= 0.3 is 0 Å². The number of hydrogen-bond acceptors (Lipinski definition) is 5. The van der Waals surface area contributed by atoms with Crippen molar-refractivity contribution in [3.8, 4) is 5.75 Å². The molecule has 2 aliphatic rings. The minimum atomic E-state index is 0.428. The first-order valence-corrected chi connectivity index (χ1v) is 11.8. The van der Waals surface area contributed by atoms with Crippen molar-refractivity contribution < 1.29 is 9.47 Å². The summed E-state index contributed by atoms with van der Waals surface area (Å²) in [7, 11) is 1.69. The van der Waals surface area contributed by atoms with Crippen molar-refractivity contribution in [2.75, 3.05) is 45.3 Å². The standard InChI is InChI=1S/C24H31N3O2S/c1-28-22-8-6-19(7-9-22)12-16-29-17-15-27-13-10-21(11-14-27)25-24-26-23-5-3-2-4-20(23)18-30-24/h2-9,21H,10-18H2,1H3,(H,25,26). The number of thioether (sulfide) groups is 1. The van der Waals surface area contributed by atoms with Crippen LogP contribution in [0.5, 0.6) is 5.75 Å². The molecule has 0 unspecified atom stereocenters. The number of nitrogens with one attached hydrogen (secondary N) is 1. The van der Waals surface area contributed by atoms with Crippen LogP contribution < -0.4 is 10.1 Å². The van der Waals surface area contributed by atoms with Crippen LogP contribution in [0.4, 0.5) is 5.69 Å². The number of fused-ring (bicyclic) bond motifs is 1. The topological polar surface area (TPSA) is 46.1 Å². The van der Waals surface area contributed by atoms with E-state index in [0.29, 0.717) is 6.04 Å². The van der Waals surface area contributed by atoms with E-state index < -0.39 is 0 Å². The van der Waals surface area contributed by atoms with Gasteiger partial charge in [0.25, 0.3) is 0 Å². The molecule has 1 saturated heterocycles. The molecule has 160 valence electrons. The largest absolute Gasteiger partial charge is 0.497 e. The van der Waals surface area contributed by atoms with E-state index in [1.165, 1.54) is 16.8 Å². The third-order valence-electron chi connectivity index (χ3n) is 5.73. The van der Waals surface area contributed by atoms with Crippen molar-refractivity contribution in [1.29, 1.82) is 0 Å². The fourth-order valence-electron chi connectivity index (χ4n) is 3.85. The Morgan fingerprint density at radius 1 is 1.07 bits per heavy atom. The van der Waals surface area contributed by atoms with Crippen molar-refractivity contribution >= 4 is 22.6 Å². The summed E-state index contributed by atoms with van der Waals surface area (Å²) in [5.41, 5.74) is 3.86. The molecular weight excluding hydrogens is 394 g/mol. The Morgan fingerprint density at radius 2 is 1.87 bits per heavy atom. The summed E-state index contributed by atoms with van der Waals surface area (Å²) >= 11 is 1.82. The molecule has 0 atom stereocenters. The molecule has 0 amide bonds.